The van der Waals surface area contributed by atoms with Crippen LogP contribution in [0.25, 0.3) is 11.1 Å². The van der Waals surface area contributed by atoms with Crippen molar-refractivity contribution >= 4 is 24.8 Å². The summed E-state index contributed by atoms with van der Waals surface area (Å²) in [5.74, 6) is 1.73. The third kappa shape index (κ3) is 4.36. The van der Waals surface area contributed by atoms with Crippen LogP contribution < -0.4 is 5.30 Å². The van der Waals surface area contributed by atoms with Crippen molar-refractivity contribution in [2.45, 2.75) is 99.8 Å². The van der Waals surface area contributed by atoms with E-state index < -0.39 is 24.2 Å². The first-order valence-electron chi connectivity index (χ1n) is 14.3. The number of hydrogen-bond acceptors (Lipinski definition) is 2. The Morgan fingerprint density at radius 2 is 1.16 bits per heavy atom. The van der Waals surface area contributed by atoms with Crippen molar-refractivity contribution in [1.29, 1.82) is 0 Å². The summed E-state index contributed by atoms with van der Waals surface area (Å²) in [7, 11) is -0.441. The minimum Gasteiger partial charge on any atom is -0.298 e. The van der Waals surface area contributed by atoms with Crippen molar-refractivity contribution in [1.82, 2.24) is 0 Å². The molecule has 1 spiro atoms. The van der Waals surface area contributed by atoms with Gasteiger partial charge in [-0.2, -0.15) is 0 Å². The summed E-state index contributed by atoms with van der Waals surface area (Å²) >= 11 is 0. The Labute approximate surface area is 226 Å². The summed E-state index contributed by atoms with van der Waals surface area (Å²) in [5, 5.41) is 1.45. The second kappa shape index (κ2) is 9.75. The molecule has 0 unspecified atom stereocenters. The van der Waals surface area contributed by atoms with E-state index in [1.54, 1.807) is 0 Å². The van der Waals surface area contributed by atoms with Crippen LogP contribution in [0.5, 0.6) is 0 Å². The van der Waals surface area contributed by atoms with E-state index in [1.165, 1.54) is 33.1 Å². The first kappa shape index (κ1) is 28.2. The summed E-state index contributed by atoms with van der Waals surface area (Å²) in [5.41, 5.74) is 5.12. The van der Waals surface area contributed by atoms with Crippen molar-refractivity contribution < 1.29 is 9.59 Å². The van der Waals surface area contributed by atoms with Crippen LogP contribution in [0.15, 0.2) is 36.4 Å². The van der Waals surface area contributed by atoms with E-state index in [0.29, 0.717) is 30.6 Å². The average Bonchev–Trinajstić information content (AvgIpc) is 2.94. The molecule has 1 saturated carbocycles. The predicted molar refractivity (Wildman–Crippen MR) is 160 cm³/mol. The van der Waals surface area contributed by atoms with E-state index in [2.05, 4.69) is 77.9 Å². The van der Waals surface area contributed by atoms with Gasteiger partial charge in [-0.3, -0.25) is 9.59 Å². The zero-order valence-electron chi connectivity index (χ0n) is 24.8. The molecule has 0 radical (unpaired) electrons. The lowest BCUT2D eigenvalue weighted by atomic mass is 9.70. The number of benzene rings is 2. The van der Waals surface area contributed by atoms with Crippen LogP contribution in [0.3, 0.4) is 0 Å². The number of hydrogen-bond donors (Lipinski definition) is 0. The molecule has 2 fully saturated rings. The number of ketones is 2. The molecule has 2 aliphatic rings. The lowest BCUT2D eigenvalue weighted by molar-refractivity contribution is -0.138. The number of carbonyl (C=O) groups is 2. The van der Waals surface area contributed by atoms with E-state index in [0.717, 1.165) is 12.3 Å². The van der Waals surface area contributed by atoms with Crippen LogP contribution in [-0.2, 0) is 9.59 Å². The van der Waals surface area contributed by atoms with Crippen LogP contribution in [0.4, 0.5) is 0 Å². The third-order valence-electron chi connectivity index (χ3n) is 9.83. The van der Waals surface area contributed by atoms with Crippen molar-refractivity contribution in [2.75, 3.05) is 12.3 Å². The van der Waals surface area contributed by atoms with Gasteiger partial charge < -0.3 is 0 Å². The maximum absolute atomic E-state index is 13.7. The Balaban J connectivity index is 1.77. The van der Waals surface area contributed by atoms with Crippen LogP contribution in [-0.4, -0.2) is 23.9 Å². The molecule has 1 aliphatic heterocycles. The number of rotatable bonds is 5. The molecule has 200 valence electrons. The highest BCUT2D eigenvalue weighted by atomic mass is 31.1. The lowest BCUT2D eigenvalue weighted by Crippen LogP contribution is -2.41. The topological polar surface area (TPSA) is 34.1 Å². The van der Waals surface area contributed by atoms with Gasteiger partial charge in [0.15, 0.2) is 11.6 Å². The first-order chi connectivity index (χ1) is 17.2. The maximum atomic E-state index is 13.7. The van der Waals surface area contributed by atoms with Gasteiger partial charge in [0.05, 0.1) is 5.41 Å². The van der Waals surface area contributed by atoms with Gasteiger partial charge in [0.25, 0.3) is 0 Å². The highest BCUT2D eigenvalue weighted by molar-refractivity contribution is 7.66. The van der Waals surface area contributed by atoms with Crippen molar-refractivity contribution in [2.24, 2.45) is 16.2 Å². The highest BCUT2D eigenvalue weighted by Crippen LogP contribution is 2.62. The third-order valence-corrected chi connectivity index (χ3v) is 12.4. The molecule has 0 amide bonds. The van der Waals surface area contributed by atoms with Gasteiger partial charge in [0.2, 0.25) is 0 Å². The lowest BCUT2D eigenvalue weighted by Gasteiger charge is -2.37. The molecule has 0 bridgehead atoms. The molecule has 2 nitrogen and oxygen atoms in total. The number of Topliss-reactive ketones (excluding diaryl/α,β-unsaturated/α-hetero) is 2. The predicted octanol–water partition coefficient (Wildman–Crippen LogP) is 8.82. The van der Waals surface area contributed by atoms with E-state index in [9.17, 15) is 9.59 Å². The molecule has 2 aromatic rings. The molecular weight excluding hydrogens is 471 g/mol. The molecule has 3 heteroatoms. The molecule has 2 aromatic carbocycles. The smallest absolute Gasteiger partial charge is 0.152 e. The summed E-state index contributed by atoms with van der Waals surface area (Å²) in [6, 6.07) is 13.9. The normalized spacial score (nSPS) is 21.1. The summed E-state index contributed by atoms with van der Waals surface area (Å²) < 4.78 is 0. The van der Waals surface area contributed by atoms with Gasteiger partial charge in [-0.25, -0.2) is 0 Å². The Morgan fingerprint density at radius 3 is 1.59 bits per heavy atom. The van der Waals surface area contributed by atoms with Gasteiger partial charge in [-0.1, -0.05) is 114 Å². The largest absolute Gasteiger partial charge is 0.298 e. The highest BCUT2D eigenvalue weighted by Gasteiger charge is 2.67. The van der Waals surface area contributed by atoms with Crippen LogP contribution >= 0.6 is 7.92 Å². The van der Waals surface area contributed by atoms with Crippen molar-refractivity contribution in [3.05, 3.63) is 53.1 Å². The second-order valence-electron chi connectivity index (χ2n) is 13.5. The Hall–Kier alpha value is -1.79. The van der Waals surface area contributed by atoms with Gasteiger partial charge in [0.1, 0.15) is 0 Å². The number of carbonyl (C=O) groups excluding carboxylic acids is 2. The van der Waals surface area contributed by atoms with Crippen molar-refractivity contribution in [3.8, 4) is 11.1 Å². The fourth-order valence-electron chi connectivity index (χ4n) is 6.68. The molecule has 37 heavy (non-hydrogen) atoms. The van der Waals surface area contributed by atoms with Crippen LogP contribution in [0.2, 0.25) is 0 Å². The van der Waals surface area contributed by atoms with Crippen LogP contribution in [0, 0.1) is 16.2 Å². The maximum Gasteiger partial charge on any atom is 0.152 e. The molecule has 0 atom stereocenters. The molecule has 0 N–H and O–H groups in total. The van der Waals surface area contributed by atoms with Gasteiger partial charge in [-0.15, -0.1) is 0 Å². The second-order valence-corrected chi connectivity index (χ2v) is 16.0. The van der Waals surface area contributed by atoms with Gasteiger partial charge in [0, 0.05) is 10.8 Å². The molecule has 1 heterocycles. The summed E-state index contributed by atoms with van der Waals surface area (Å²) in [6.07, 6.45) is 3.32. The van der Waals surface area contributed by atoms with E-state index in [-0.39, 0.29) is 11.6 Å². The fraction of sp³-hybridized carbons (Fsp3) is 0.588. The summed E-state index contributed by atoms with van der Waals surface area (Å²) in [4.78, 5) is 27.3. The van der Waals surface area contributed by atoms with Gasteiger partial charge >= 0.3 is 0 Å². The van der Waals surface area contributed by atoms with Crippen LogP contribution in [0.1, 0.15) is 117 Å². The Morgan fingerprint density at radius 1 is 0.703 bits per heavy atom. The SMILES string of the molecule is CC(C)c1cc(C(C)C)c(-c2ccccc2P2CCC3(CC2)C(=O)C(C)(C)C(C)(C)C3=O)c(C(C)C)c1. The molecule has 1 saturated heterocycles. The summed E-state index contributed by atoms with van der Waals surface area (Å²) in [6.45, 7) is 21.7. The molecule has 4 rings (SSSR count). The Bertz CT molecular complexity index is 1150. The van der Waals surface area contributed by atoms with E-state index in [1.807, 2.05) is 27.7 Å². The zero-order chi connectivity index (χ0) is 27.5. The minimum atomic E-state index is -0.772. The van der Waals surface area contributed by atoms with E-state index >= 15 is 0 Å². The average molecular weight is 519 g/mol. The fourth-order valence-corrected chi connectivity index (χ4v) is 9.51. The first-order valence-corrected chi connectivity index (χ1v) is 16.0. The quantitative estimate of drug-likeness (QED) is 0.293. The minimum absolute atomic E-state index is 0.186. The Kier molecular flexibility index (Phi) is 7.44. The zero-order valence-corrected chi connectivity index (χ0v) is 25.7. The standard InChI is InChI=1S/C34H47O2P/c1-21(2)24-19-26(22(3)4)29(27(20-24)23(5)6)25-13-11-12-14-28(25)37-17-15-34(16-18-37)30(35)32(7,8)33(9,10)31(34)36/h11-14,19-23H,15-18H2,1-10H3. The molecular formula is C34H47O2P. The molecule has 1 aliphatic carbocycles. The van der Waals surface area contributed by atoms with Crippen molar-refractivity contribution in [3.63, 3.8) is 0 Å². The monoisotopic (exact) mass is 518 g/mol. The molecule has 0 aromatic heterocycles. The van der Waals surface area contributed by atoms with Gasteiger partial charge in [-0.05, 0) is 76.0 Å². The van der Waals surface area contributed by atoms with E-state index in [4.69, 9.17) is 0 Å².